The molecule has 0 bridgehead atoms. The highest BCUT2D eigenvalue weighted by Crippen LogP contribution is 2.19. The molecule has 1 heterocycles. The topological polar surface area (TPSA) is 59.3 Å². The molecular weight excluding hydrogens is 326 g/mol. The Morgan fingerprint density at radius 1 is 0.962 bits per heavy atom. The van der Waals surface area contributed by atoms with E-state index >= 15 is 0 Å². The average molecular weight is 345 g/mol. The van der Waals surface area contributed by atoms with Crippen LogP contribution in [-0.4, -0.2) is 21.2 Å². The van der Waals surface area contributed by atoms with Crippen molar-refractivity contribution < 1.29 is 14.7 Å². The maximum atomic E-state index is 12.0. The second-order valence-corrected chi connectivity index (χ2v) is 6.05. The van der Waals surface area contributed by atoms with Crippen molar-refractivity contribution in [2.24, 2.45) is 7.05 Å². The average Bonchev–Trinajstić information content (AvgIpc) is 2.96. The fraction of sp³-hybridized carbons (Fsp3) is 0.0909. The first-order valence-electron chi connectivity index (χ1n) is 8.28. The summed E-state index contributed by atoms with van der Waals surface area (Å²) in [5.74, 6) is -0.331. The summed E-state index contributed by atoms with van der Waals surface area (Å²) in [5, 5.41) is 10.3. The Kier molecular flexibility index (Phi) is 5.13. The van der Waals surface area contributed by atoms with Crippen LogP contribution in [0.25, 0.3) is 23.1 Å². The molecule has 0 aliphatic carbocycles. The number of aryl methyl sites for hydroxylation is 1. The molecule has 1 aromatic heterocycles. The number of benzene rings is 2. The van der Waals surface area contributed by atoms with Crippen molar-refractivity contribution in [3.8, 4) is 5.75 Å². The van der Waals surface area contributed by atoms with Crippen molar-refractivity contribution >= 4 is 34.6 Å². The second-order valence-electron chi connectivity index (χ2n) is 6.05. The fourth-order valence-electron chi connectivity index (χ4n) is 2.71. The zero-order chi connectivity index (χ0) is 18.5. The zero-order valence-electron chi connectivity index (χ0n) is 14.4. The molecule has 26 heavy (non-hydrogen) atoms. The highest BCUT2D eigenvalue weighted by atomic mass is 16.3. The highest BCUT2D eigenvalue weighted by molar-refractivity contribution is 6.11. The highest BCUT2D eigenvalue weighted by Gasteiger charge is 2.06. The van der Waals surface area contributed by atoms with E-state index in [9.17, 15) is 14.7 Å². The van der Waals surface area contributed by atoms with Gasteiger partial charge < -0.3 is 9.67 Å². The number of rotatable bonds is 6. The lowest BCUT2D eigenvalue weighted by atomic mass is 10.1. The van der Waals surface area contributed by atoms with Gasteiger partial charge in [-0.15, -0.1) is 0 Å². The number of phenols is 1. The molecule has 0 radical (unpaired) electrons. The molecule has 0 atom stereocenters. The Bertz CT molecular complexity index is 1010. The third kappa shape index (κ3) is 4.16. The minimum Gasteiger partial charge on any atom is -0.508 e. The van der Waals surface area contributed by atoms with Gasteiger partial charge in [-0.3, -0.25) is 9.59 Å². The molecule has 0 unspecified atom stereocenters. The quantitative estimate of drug-likeness (QED) is 0.539. The van der Waals surface area contributed by atoms with Gasteiger partial charge in [0.1, 0.15) is 5.75 Å². The summed E-state index contributed by atoms with van der Waals surface area (Å²) < 4.78 is 2.01. The lowest BCUT2D eigenvalue weighted by Gasteiger charge is -1.98. The molecule has 4 heteroatoms. The molecule has 0 fully saturated rings. The first-order chi connectivity index (χ1) is 12.5. The zero-order valence-corrected chi connectivity index (χ0v) is 14.4. The molecule has 3 rings (SSSR count). The maximum Gasteiger partial charge on any atom is 0.163 e. The molecule has 0 saturated carbocycles. The van der Waals surface area contributed by atoms with Crippen molar-refractivity contribution in [3.63, 3.8) is 0 Å². The molecule has 0 amide bonds. The summed E-state index contributed by atoms with van der Waals surface area (Å²) in [6.07, 6.45) is 6.02. The number of carbonyl (C=O) groups is 2. The smallest absolute Gasteiger partial charge is 0.163 e. The number of hydrogen-bond donors (Lipinski definition) is 1. The number of carbonyl (C=O) groups excluding carboxylic acids is 2. The van der Waals surface area contributed by atoms with E-state index in [0.717, 1.165) is 22.2 Å². The van der Waals surface area contributed by atoms with Crippen LogP contribution in [0.2, 0.25) is 0 Å². The Morgan fingerprint density at radius 2 is 1.62 bits per heavy atom. The third-order valence-electron chi connectivity index (χ3n) is 4.13. The second kappa shape index (κ2) is 7.66. The van der Waals surface area contributed by atoms with E-state index < -0.39 is 0 Å². The molecule has 1 N–H and O–H groups in total. The molecule has 3 aromatic rings. The van der Waals surface area contributed by atoms with E-state index in [-0.39, 0.29) is 23.7 Å². The normalized spacial score (nSPS) is 11.6. The number of nitrogens with zero attached hydrogens (tertiary/aromatic N) is 1. The maximum absolute atomic E-state index is 12.0. The van der Waals surface area contributed by atoms with Crippen LogP contribution in [0.5, 0.6) is 5.75 Å². The number of ketones is 2. The Morgan fingerprint density at radius 3 is 2.31 bits per heavy atom. The van der Waals surface area contributed by atoms with Crippen LogP contribution < -0.4 is 0 Å². The van der Waals surface area contributed by atoms with Crippen LogP contribution in [0.15, 0.2) is 66.7 Å². The van der Waals surface area contributed by atoms with Crippen LogP contribution in [0.4, 0.5) is 0 Å². The molecule has 0 aliphatic heterocycles. The van der Waals surface area contributed by atoms with Gasteiger partial charge in [0.25, 0.3) is 0 Å². The van der Waals surface area contributed by atoms with Crippen molar-refractivity contribution in [2.75, 3.05) is 0 Å². The Balaban J connectivity index is 1.62. The monoisotopic (exact) mass is 345 g/mol. The van der Waals surface area contributed by atoms with Crippen LogP contribution in [-0.2, 0) is 16.6 Å². The summed E-state index contributed by atoms with van der Waals surface area (Å²) >= 11 is 0. The van der Waals surface area contributed by atoms with E-state index in [4.69, 9.17) is 0 Å². The molecular formula is C22H19NO3. The summed E-state index contributed by atoms with van der Waals surface area (Å²) in [7, 11) is 1.94. The first-order valence-corrected chi connectivity index (χ1v) is 8.28. The summed E-state index contributed by atoms with van der Waals surface area (Å²) in [4.78, 5) is 23.9. The molecule has 2 aromatic carbocycles. The number of para-hydroxylation sites is 1. The van der Waals surface area contributed by atoms with Crippen molar-refractivity contribution in [3.05, 3.63) is 78.0 Å². The van der Waals surface area contributed by atoms with Crippen molar-refractivity contribution in [2.45, 2.75) is 6.42 Å². The van der Waals surface area contributed by atoms with Crippen LogP contribution in [0, 0.1) is 0 Å². The number of aromatic hydroxyl groups is 1. The summed E-state index contributed by atoms with van der Waals surface area (Å²) in [6, 6.07) is 16.5. The van der Waals surface area contributed by atoms with Gasteiger partial charge in [-0.2, -0.15) is 0 Å². The van der Waals surface area contributed by atoms with E-state index in [1.54, 1.807) is 36.4 Å². The minimum atomic E-state index is -0.259. The van der Waals surface area contributed by atoms with Gasteiger partial charge in [0.05, 0.1) is 6.42 Å². The van der Waals surface area contributed by atoms with Crippen molar-refractivity contribution in [1.82, 2.24) is 4.57 Å². The van der Waals surface area contributed by atoms with Gasteiger partial charge in [-0.1, -0.05) is 36.4 Å². The van der Waals surface area contributed by atoms with Crippen LogP contribution in [0.3, 0.4) is 0 Å². The van der Waals surface area contributed by atoms with Gasteiger partial charge in [-0.25, -0.2) is 0 Å². The SMILES string of the molecule is Cn1c(/C=C/C(=O)CC(=O)/C=C/c2ccc(O)cc2)cc2ccccc21. The first kappa shape index (κ1) is 17.4. The number of allylic oxidation sites excluding steroid dienone is 2. The number of hydrogen-bond acceptors (Lipinski definition) is 3. The lowest BCUT2D eigenvalue weighted by Crippen LogP contribution is -2.02. The number of aromatic nitrogens is 1. The largest absolute Gasteiger partial charge is 0.508 e. The van der Waals surface area contributed by atoms with Gasteiger partial charge in [0.2, 0.25) is 0 Å². The number of phenolic OH excluding ortho intramolecular Hbond substituents is 1. The van der Waals surface area contributed by atoms with E-state index in [1.165, 1.54) is 12.2 Å². The predicted molar refractivity (Wildman–Crippen MR) is 104 cm³/mol. The van der Waals surface area contributed by atoms with E-state index in [0.29, 0.717) is 0 Å². The predicted octanol–water partition coefficient (Wildman–Crippen LogP) is 4.14. The molecule has 0 spiro atoms. The standard InChI is InChI=1S/C22H19NO3/c1-23-18(14-17-4-2-3-5-22(17)23)9-13-21(26)15-20(25)12-8-16-6-10-19(24)11-7-16/h2-14,24H,15H2,1H3/b12-8+,13-9+. The van der Waals surface area contributed by atoms with Gasteiger partial charge in [-0.05, 0) is 48.1 Å². The van der Waals surface area contributed by atoms with E-state index in [1.807, 2.05) is 41.9 Å². The Labute approximate surface area is 151 Å². The minimum absolute atomic E-state index is 0.169. The molecule has 4 nitrogen and oxygen atoms in total. The fourth-order valence-corrected chi connectivity index (χ4v) is 2.71. The number of fused-ring (bicyclic) bond motifs is 1. The van der Waals surface area contributed by atoms with Gasteiger partial charge in [0, 0.05) is 23.6 Å². The molecule has 130 valence electrons. The lowest BCUT2D eigenvalue weighted by molar-refractivity contribution is -0.121. The molecule has 0 saturated heterocycles. The summed E-state index contributed by atoms with van der Waals surface area (Å²) in [5.41, 5.74) is 2.79. The van der Waals surface area contributed by atoms with Crippen LogP contribution in [0.1, 0.15) is 17.7 Å². The Hall–Kier alpha value is -3.40. The third-order valence-corrected chi connectivity index (χ3v) is 4.13. The van der Waals surface area contributed by atoms with Gasteiger partial charge in [0.15, 0.2) is 11.6 Å². The van der Waals surface area contributed by atoms with Gasteiger partial charge >= 0.3 is 0 Å². The van der Waals surface area contributed by atoms with Crippen LogP contribution >= 0.6 is 0 Å². The molecule has 0 aliphatic rings. The van der Waals surface area contributed by atoms with E-state index in [2.05, 4.69) is 0 Å². The van der Waals surface area contributed by atoms with Crippen molar-refractivity contribution in [1.29, 1.82) is 0 Å². The summed E-state index contributed by atoms with van der Waals surface area (Å²) in [6.45, 7) is 0.